The van der Waals surface area contributed by atoms with Gasteiger partial charge in [-0.1, -0.05) is 23.2 Å². The van der Waals surface area contributed by atoms with E-state index in [9.17, 15) is 4.79 Å². The highest BCUT2D eigenvalue weighted by Gasteiger charge is 2.14. The first-order valence-corrected chi connectivity index (χ1v) is 5.26. The molecule has 0 radical (unpaired) electrons. The SMILES string of the molecule is COc1ccc(OC)c(NC(=O)C(Cl)Cl)c1. The van der Waals surface area contributed by atoms with Gasteiger partial charge in [-0.05, 0) is 12.1 Å². The van der Waals surface area contributed by atoms with Crippen LogP contribution in [0, 0.1) is 0 Å². The summed E-state index contributed by atoms with van der Waals surface area (Å²) in [6.07, 6.45) is 0. The molecule has 0 spiro atoms. The molecule has 0 heterocycles. The molecule has 0 aliphatic heterocycles. The Hall–Kier alpha value is -1.13. The molecule has 0 aliphatic carbocycles. The molecule has 0 atom stereocenters. The van der Waals surface area contributed by atoms with Crippen molar-refractivity contribution in [3.63, 3.8) is 0 Å². The quantitative estimate of drug-likeness (QED) is 0.849. The van der Waals surface area contributed by atoms with E-state index in [1.807, 2.05) is 0 Å². The summed E-state index contributed by atoms with van der Waals surface area (Å²) in [5.41, 5.74) is 0.457. The summed E-state index contributed by atoms with van der Waals surface area (Å²) in [4.78, 5) is 10.2. The first kappa shape index (κ1) is 12.9. The number of carbonyl (C=O) groups excluding carboxylic acids is 1. The van der Waals surface area contributed by atoms with E-state index in [0.29, 0.717) is 17.2 Å². The average Bonchev–Trinajstić information content (AvgIpc) is 2.28. The predicted octanol–water partition coefficient (Wildman–Crippen LogP) is 2.45. The fourth-order valence-electron chi connectivity index (χ4n) is 1.10. The van der Waals surface area contributed by atoms with Crippen LogP contribution in [0.4, 0.5) is 5.69 Å². The number of rotatable bonds is 4. The Morgan fingerprint density at radius 2 is 2.00 bits per heavy atom. The summed E-state index contributed by atoms with van der Waals surface area (Å²) in [6, 6.07) is 5.01. The zero-order valence-corrected chi connectivity index (χ0v) is 10.3. The second-order valence-corrected chi connectivity index (χ2v) is 3.95. The van der Waals surface area contributed by atoms with Crippen LogP contribution in [0.15, 0.2) is 18.2 Å². The van der Waals surface area contributed by atoms with Gasteiger partial charge in [-0.15, -0.1) is 0 Å². The molecule has 1 amide bonds. The van der Waals surface area contributed by atoms with Crippen molar-refractivity contribution >= 4 is 34.8 Å². The van der Waals surface area contributed by atoms with Crippen molar-refractivity contribution in [1.82, 2.24) is 0 Å². The lowest BCUT2D eigenvalue weighted by atomic mass is 10.2. The van der Waals surface area contributed by atoms with Crippen molar-refractivity contribution in [2.45, 2.75) is 4.84 Å². The van der Waals surface area contributed by atoms with Gasteiger partial charge >= 0.3 is 0 Å². The Morgan fingerprint density at radius 3 is 2.50 bits per heavy atom. The molecule has 1 rings (SSSR count). The maximum absolute atomic E-state index is 11.3. The highest BCUT2D eigenvalue weighted by atomic mass is 35.5. The maximum atomic E-state index is 11.3. The lowest BCUT2D eigenvalue weighted by Gasteiger charge is -2.11. The van der Waals surface area contributed by atoms with Gasteiger partial charge in [0.15, 0.2) is 4.84 Å². The number of amides is 1. The number of ether oxygens (including phenoxy) is 2. The molecule has 0 fully saturated rings. The van der Waals surface area contributed by atoms with Crippen LogP contribution in [0.25, 0.3) is 0 Å². The van der Waals surface area contributed by atoms with E-state index >= 15 is 0 Å². The van der Waals surface area contributed by atoms with Crippen LogP contribution >= 0.6 is 23.2 Å². The number of carbonyl (C=O) groups is 1. The third kappa shape index (κ3) is 3.18. The molecular weight excluding hydrogens is 253 g/mol. The summed E-state index contributed by atoms with van der Waals surface area (Å²) in [5.74, 6) is 0.579. The number of hydrogen-bond donors (Lipinski definition) is 1. The van der Waals surface area contributed by atoms with Gasteiger partial charge in [0.2, 0.25) is 0 Å². The first-order valence-electron chi connectivity index (χ1n) is 4.39. The summed E-state index contributed by atoms with van der Waals surface area (Å²) in [7, 11) is 3.02. The van der Waals surface area contributed by atoms with E-state index in [2.05, 4.69) is 5.32 Å². The highest BCUT2D eigenvalue weighted by molar-refractivity contribution is 6.54. The second kappa shape index (κ2) is 5.82. The largest absolute Gasteiger partial charge is 0.497 e. The summed E-state index contributed by atoms with van der Waals surface area (Å²) in [6.45, 7) is 0. The lowest BCUT2D eigenvalue weighted by molar-refractivity contribution is -0.114. The van der Waals surface area contributed by atoms with E-state index in [1.165, 1.54) is 14.2 Å². The van der Waals surface area contributed by atoms with Crippen LogP contribution in [0.5, 0.6) is 11.5 Å². The summed E-state index contributed by atoms with van der Waals surface area (Å²) >= 11 is 10.9. The average molecular weight is 264 g/mol. The van der Waals surface area contributed by atoms with Crippen LogP contribution < -0.4 is 14.8 Å². The van der Waals surface area contributed by atoms with Gasteiger partial charge in [0.25, 0.3) is 5.91 Å². The van der Waals surface area contributed by atoms with E-state index in [1.54, 1.807) is 18.2 Å². The molecule has 1 aromatic carbocycles. The standard InChI is InChI=1S/C10H11Cl2NO3/c1-15-6-3-4-8(16-2)7(5-6)13-10(14)9(11)12/h3-5,9H,1-2H3,(H,13,14). The number of halogens is 2. The molecule has 0 aliphatic rings. The smallest absolute Gasteiger partial charge is 0.257 e. The van der Waals surface area contributed by atoms with Gasteiger partial charge in [-0.25, -0.2) is 0 Å². The van der Waals surface area contributed by atoms with Crippen LogP contribution in [0.3, 0.4) is 0 Å². The molecule has 16 heavy (non-hydrogen) atoms. The first-order chi connectivity index (χ1) is 7.58. The molecule has 6 heteroatoms. The van der Waals surface area contributed by atoms with Gasteiger partial charge in [0, 0.05) is 6.07 Å². The van der Waals surface area contributed by atoms with Gasteiger partial charge in [-0.2, -0.15) is 0 Å². The van der Waals surface area contributed by atoms with E-state index in [4.69, 9.17) is 32.7 Å². The Kier molecular flexibility index (Phi) is 4.71. The van der Waals surface area contributed by atoms with Crippen molar-refractivity contribution < 1.29 is 14.3 Å². The van der Waals surface area contributed by atoms with E-state index in [0.717, 1.165) is 0 Å². The minimum Gasteiger partial charge on any atom is -0.497 e. The monoisotopic (exact) mass is 263 g/mol. The Labute approximate surface area is 103 Å². The van der Waals surface area contributed by atoms with Crippen molar-refractivity contribution in [3.8, 4) is 11.5 Å². The Bertz CT molecular complexity index is 382. The zero-order valence-electron chi connectivity index (χ0n) is 8.79. The van der Waals surface area contributed by atoms with Crippen LogP contribution in [0.1, 0.15) is 0 Å². The molecule has 0 saturated heterocycles. The minimum absolute atomic E-state index is 0.457. The maximum Gasteiger partial charge on any atom is 0.257 e. The van der Waals surface area contributed by atoms with Gasteiger partial charge in [-0.3, -0.25) is 4.79 Å². The summed E-state index contributed by atoms with van der Waals surface area (Å²) < 4.78 is 10.1. The third-order valence-corrected chi connectivity index (χ3v) is 2.26. The van der Waals surface area contributed by atoms with Gasteiger partial charge < -0.3 is 14.8 Å². The molecule has 1 N–H and O–H groups in total. The zero-order chi connectivity index (χ0) is 12.1. The van der Waals surface area contributed by atoms with Crippen molar-refractivity contribution in [3.05, 3.63) is 18.2 Å². The van der Waals surface area contributed by atoms with Gasteiger partial charge in [0.1, 0.15) is 11.5 Å². The van der Waals surface area contributed by atoms with Crippen LogP contribution in [-0.2, 0) is 4.79 Å². The molecule has 0 bridgehead atoms. The topological polar surface area (TPSA) is 47.6 Å². The number of benzene rings is 1. The number of hydrogen-bond acceptors (Lipinski definition) is 3. The fourth-order valence-corrected chi connectivity index (χ4v) is 1.21. The fraction of sp³-hybridized carbons (Fsp3) is 0.300. The van der Waals surface area contributed by atoms with Crippen molar-refractivity contribution in [2.24, 2.45) is 0 Å². The number of methoxy groups -OCH3 is 2. The normalized spacial score (nSPS) is 10.1. The molecule has 4 nitrogen and oxygen atoms in total. The van der Waals surface area contributed by atoms with Crippen molar-refractivity contribution in [1.29, 1.82) is 0 Å². The predicted molar refractivity (Wildman–Crippen MR) is 63.7 cm³/mol. The Balaban J connectivity index is 2.95. The molecule has 0 unspecified atom stereocenters. The molecule has 0 saturated carbocycles. The Morgan fingerprint density at radius 1 is 1.31 bits per heavy atom. The van der Waals surface area contributed by atoms with Crippen LogP contribution in [-0.4, -0.2) is 25.0 Å². The lowest BCUT2D eigenvalue weighted by Crippen LogP contribution is -2.19. The summed E-state index contributed by atoms with van der Waals surface area (Å²) in [5, 5.41) is 2.53. The minimum atomic E-state index is -1.13. The van der Waals surface area contributed by atoms with Crippen LogP contribution in [0.2, 0.25) is 0 Å². The number of alkyl halides is 2. The molecule has 88 valence electrons. The van der Waals surface area contributed by atoms with E-state index in [-0.39, 0.29) is 0 Å². The second-order valence-electron chi connectivity index (χ2n) is 2.86. The number of anilines is 1. The highest BCUT2D eigenvalue weighted by Crippen LogP contribution is 2.29. The molecule has 0 aromatic heterocycles. The van der Waals surface area contributed by atoms with Crippen molar-refractivity contribution in [2.75, 3.05) is 19.5 Å². The third-order valence-electron chi connectivity index (χ3n) is 1.86. The van der Waals surface area contributed by atoms with Gasteiger partial charge in [0.05, 0.1) is 19.9 Å². The van der Waals surface area contributed by atoms with E-state index < -0.39 is 10.7 Å². The molecular formula is C10H11Cl2NO3. The molecule has 1 aromatic rings. The number of nitrogens with one attached hydrogen (secondary N) is 1.